The number of nitrogens with zero attached hydrogens (tertiary/aromatic N) is 2. The SMILES string of the molecule is CC(C)N(CCCO)c1ccc(S(C)(=O)=O)cc1[N+](=O)[O-]. The van der Waals surface area contributed by atoms with Crippen molar-refractivity contribution >= 4 is 21.2 Å². The largest absolute Gasteiger partial charge is 0.396 e. The molecule has 1 N–H and O–H groups in total. The first-order valence-electron chi connectivity index (χ1n) is 6.54. The standard InChI is InChI=1S/C13H20N2O5S/c1-10(2)14(7-4-8-16)12-6-5-11(21(3,19)20)9-13(12)15(17)18/h5-6,9-10,16H,4,7-8H2,1-3H3. The Bertz CT molecular complexity index is 613. The summed E-state index contributed by atoms with van der Waals surface area (Å²) in [6.45, 7) is 4.20. The molecule has 0 saturated carbocycles. The molecule has 0 aliphatic carbocycles. The van der Waals surface area contributed by atoms with Gasteiger partial charge in [-0.25, -0.2) is 8.42 Å². The van der Waals surface area contributed by atoms with Crippen LogP contribution in [0.3, 0.4) is 0 Å². The van der Waals surface area contributed by atoms with Crippen LogP contribution in [0.5, 0.6) is 0 Å². The predicted molar refractivity (Wildman–Crippen MR) is 80.4 cm³/mol. The summed E-state index contributed by atoms with van der Waals surface area (Å²) in [5.74, 6) is 0. The van der Waals surface area contributed by atoms with Crippen LogP contribution in [0.15, 0.2) is 23.1 Å². The summed E-state index contributed by atoms with van der Waals surface area (Å²) in [7, 11) is -3.50. The molecule has 0 radical (unpaired) electrons. The maximum Gasteiger partial charge on any atom is 0.293 e. The van der Waals surface area contributed by atoms with Gasteiger partial charge in [-0.1, -0.05) is 0 Å². The molecule has 0 spiro atoms. The second kappa shape index (κ2) is 6.86. The van der Waals surface area contributed by atoms with Crippen LogP contribution in [-0.2, 0) is 9.84 Å². The molecule has 1 aromatic rings. The van der Waals surface area contributed by atoms with E-state index in [2.05, 4.69) is 0 Å². The summed E-state index contributed by atoms with van der Waals surface area (Å²) in [4.78, 5) is 12.3. The zero-order valence-corrected chi connectivity index (χ0v) is 13.1. The van der Waals surface area contributed by atoms with Gasteiger partial charge in [0.1, 0.15) is 5.69 Å². The van der Waals surface area contributed by atoms with Gasteiger partial charge in [-0.3, -0.25) is 10.1 Å². The average Bonchev–Trinajstić information content (AvgIpc) is 2.37. The van der Waals surface area contributed by atoms with Gasteiger partial charge in [-0.05, 0) is 32.4 Å². The molecule has 0 aromatic heterocycles. The highest BCUT2D eigenvalue weighted by atomic mass is 32.2. The van der Waals surface area contributed by atoms with Crippen molar-refractivity contribution in [2.45, 2.75) is 31.2 Å². The Hall–Kier alpha value is -1.67. The number of hydrogen-bond donors (Lipinski definition) is 1. The Kier molecular flexibility index (Phi) is 5.68. The minimum Gasteiger partial charge on any atom is -0.396 e. The van der Waals surface area contributed by atoms with Crippen LogP contribution in [0.2, 0.25) is 0 Å². The molecule has 8 heteroatoms. The van der Waals surface area contributed by atoms with E-state index in [-0.39, 0.29) is 23.2 Å². The van der Waals surface area contributed by atoms with E-state index in [0.29, 0.717) is 18.7 Å². The lowest BCUT2D eigenvalue weighted by Crippen LogP contribution is -2.32. The van der Waals surface area contributed by atoms with Gasteiger partial charge < -0.3 is 10.0 Å². The first kappa shape index (κ1) is 17.4. The van der Waals surface area contributed by atoms with E-state index in [4.69, 9.17) is 5.11 Å². The van der Waals surface area contributed by atoms with Crippen molar-refractivity contribution in [3.8, 4) is 0 Å². The van der Waals surface area contributed by atoms with Gasteiger partial charge in [0.25, 0.3) is 5.69 Å². The molecule has 0 heterocycles. The van der Waals surface area contributed by atoms with Crippen molar-refractivity contribution in [2.24, 2.45) is 0 Å². The Labute approximate surface area is 124 Å². The predicted octanol–water partition coefficient (Wildman–Crippen LogP) is 1.60. The smallest absolute Gasteiger partial charge is 0.293 e. The van der Waals surface area contributed by atoms with Gasteiger partial charge >= 0.3 is 0 Å². The quantitative estimate of drug-likeness (QED) is 0.605. The number of aliphatic hydroxyl groups excluding tert-OH is 1. The van der Waals surface area contributed by atoms with Crippen LogP contribution in [0, 0.1) is 10.1 Å². The lowest BCUT2D eigenvalue weighted by molar-refractivity contribution is -0.384. The molecule has 1 aromatic carbocycles. The number of rotatable bonds is 7. The Morgan fingerprint density at radius 2 is 2.00 bits per heavy atom. The molecule has 1 rings (SSSR count). The summed E-state index contributed by atoms with van der Waals surface area (Å²) in [5.41, 5.74) is 0.111. The number of hydrogen-bond acceptors (Lipinski definition) is 6. The van der Waals surface area contributed by atoms with E-state index in [1.807, 2.05) is 13.8 Å². The number of nitro groups is 1. The fourth-order valence-electron chi connectivity index (χ4n) is 2.02. The second-order valence-electron chi connectivity index (χ2n) is 5.04. The summed E-state index contributed by atoms with van der Waals surface area (Å²) in [5, 5.41) is 20.2. The molecule has 0 fully saturated rings. The van der Waals surface area contributed by atoms with Crippen LogP contribution in [0.1, 0.15) is 20.3 Å². The molecular formula is C13H20N2O5S. The maximum absolute atomic E-state index is 11.5. The third kappa shape index (κ3) is 4.40. The average molecular weight is 316 g/mol. The monoisotopic (exact) mass is 316 g/mol. The zero-order chi connectivity index (χ0) is 16.2. The van der Waals surface area contributed by atoms with Gasteiger partial charge in [0.05, 0.1) is 9.82 Å². The molecular weight excluding hydrogens is 296 g/mol. The number of aliphatic hydroxyl groups is 1. The first-order chi connectivity index (χ1) is 9.68. The van der Waals surface area contributed by atoms with Crippen LogP contribution in [-0.4, -0.2) is 43.9 Å². The van der Waals surface area contributed by atoms with Gasteiger partial charge in [0, 0.05) is 31.5 Å². The van der Waals surface area contributed by atoms with Crippen molar-refractivity contribution in [3.05, 3.63) is 28.3 Å². The fraction of sp³-hybridized carbons (Fsp3) is 0.538. The minimum absolute atomic E-state index is 0.0145. The summed E-state index contributed by atoms with van der Waals surface area (Å²) in [6, 6.07) is 3.89. The van der Waals surface area contributed by atoms with Crippen molar-refractivity contribution < 1.29 is 18.4 Å². The van der Waals surface area contributed by atoms with E-state index in [0.717, 1.165) is 12.3 Å². The Morgan fingerprint density at radius 1 is 1.38 bits per heavy atom. The number of sulfone groups is 1. The fourth-order valence-corrected chi connectivity index (χ4v) is 2.66. The lowest BCUT2D eigenvalue weighted by atomic mass is 10.2. The maximum atomic E-state index is 11.5. The van der Waals surface area contributed by atoms with Crippen LogP contribution in [0.4, 0.5) is 11.4 Å². The molecule has 0 aliphatic rings. The molecule has 7 nitrogen and oxygen atoms in total. The summed E-state index contributed by atoms with van der Waals surface area (Å²) >= 11 is 0. The van der Waals surface area contributed by atoms with Crippen molar-refractivity contribution in [1.82, 2.24) is 0 Å². The van der Waals surface area contributed by atoms with Crippen molar-refractivity contribution in [2.75, 3.05) is 24.3 Å². The number of benzene rings is 1. The van der Waals surface area contributed by atoms with Crippen LogP contribution < -0.4 is 4.90 Å². The molecule has 0 unspecified atom stereocenters. The highest BCUT2D eigenvalue weighted by Gasteiger charge is 2.23. The van der Waals surface area contributed by atoms with Crippen LogP contribution in [0.25, 0.3) is 0 Å². The van der Waals surface area contributed by atoms with Gasteiger partial charge in [-0.2, -0.15) is 0 Å². The Morgan fingerprint density at radius 3 is 2.43 bits per heavy atom. The third-order valence-corrected chi connectivity index (χ3v) is 4.17. The molecule has 0 bridgehead atoms. The van der Waals surface area contributed by atoms with Gasteiger partial charge in [-0.15, -0.1) is 0 Å². The molecule has 0 amide bonds. The molecule has 21 heavy (non-hydrogen) atoms. The third-order valence-electron chi connectivity index (χ3n) is 3.06. The van der Waals surface area contributed by atoms with Crippen LogP contribution >= 0.6 is 0 Å². The van der Waals surface area contributed by atoms with Crippen molar-refractivity contribution in [3.63, 3.8) is 0 Å². The van der Waals surface area contributed by atoms with E-state index in [1.165, 1.54) is 12.1 Å². The highest BCUT2D eigenvalue weighted by Crippen LogP contribution is 2.32. The molecule has 0 saturated heterocycles. The van der Waals surface area contributed by atoms with Crippen molar-refractivity contribution in [1.29, 1.82) is 0 Å². The number of nitro benzene ring substituents is 1. The normalized spacial score (nSPS) is 11.7. The van der Waals surface area contributed by atoms with Gasteiger partial charge in [0.15, 0.2) is 9.84 Å². The zero-order valence-electron chi connectivity index (χ0n) is 12.3. The first-order valence-corrected chi connectivity index (χ1v) is 8.43. The Balaban J connectivity index is 3.37. The molecule has 118 valence electrons. The van der Waals surface area contributed by atoms with E-state index >= 15 is 0 Å². The highest BCUT2D eigenvalue weighted by molar-refractivity contribution is 7.90. The van der Waals surface area contributed by atoms with E-state index < -0.39 is 14.8 Å². The molecule has 0 atom stereocenters. The topological polar surface area (TPSA) is 101 Å². The summed E-state index contributed by atoms with van der Waals surface area (Å²) in [6.07, 6.45) is 1.49. The van der Waals surface area contributed by atoms with E-state index in [1.54, 1.807) is 4.90 Å². The summed E-state index contributed by atoms with van der Waals surface area (Å²) < 4.78 is 23.1. The number of anilines is 1. The lowest BCUT2D eigenvalue weighted by Gasteiger charge is -2.28. The molecule has 0 aliphatic heterocycles. The second-order valence-corrected chi connectivity index (χ2v) is 7.06. The minimum atomic E-state index is -3.50. The van der Waals surface area contributed by atoms with Gasteiger partial charge in [0.2, 0.25) is 0 Å². The van der Waals surface area contributed by atoms with E-state index in [9.17, 15) is 18.5 Å².